The van der Waals surface area contributed by atoms with Crippen LogP contribution in [-0.4, -0.2) is 43.9 Å². The number of fused-ring (bicyclic) bond motifs is 1. The summed E-state index contributed by atoms with van der Waals surface area (Å²) in [6.07, 6.45) is 0.330. The van der Waals surface area contributed by atoms with Crippen molar-refractivity contribution in [3.05, 3.63) is 125 Å². The second kappa shape index (κ2) is 12.2. The topological polar surface area (TPSA) is 64.7 Å². The number of anilines is 3. The summed E-state index contributed by atoms with van der Waals surface area (Å²) in [6.45, 7) is 1.31. The molecule has 0 saturated heterocycles. The van der Waals surface area contributed by atoms with Crippen LogP contribution in [0.25, 0.3) is 11.3 Å². The molecule has 2 N–H and O–H groups in total. The van der Waals surface area contributed by atoms with E-state index in [-0.39, 0.29) is 11.8 Å². The van der Waals surface area contributed by atoms with Gasteiger partial charge in [0, 0.05) is 35.1 Å². The fraction of sp³-hybridized carbons (Fsp3) is 0.152. The van der Waals surface area contributed by atoms with Gasteiger partial charge in [-0.2, -0.15) is 0 Å². The van der Waals surface area contributed by atoms with Crippen molar-refractivity contribution in [2.45, 2.75) is 6.42 Å². The fourth-order valence-electron chi connectivity index (χ4n) is 4.71. The van der Waals surface area contributed by atoms with Gasteiger partial charge >= 0.3 is 0 Å². The maximum Gasteiger partial charge on any atom is 0.258 e. The fourth-order valence-corrected chi connectivity index (χ4v) is 4.88. The van der Waals surface area contributed by atoms with Crippen LogP contribution in [0.5, 0.6) is 0 Å². The third-order valence-electron chi connectivity index (χ3n) is 6.76. The van der Waals surface area contributed by atoms with E-state index in [0.717, 1.165) is 34.6 Å². The summed E-state index contributed by atoms with van der Waals surface area (Å²) < 4.78 is 0. The summed E-state index contributed by atoms with van der Waals surface area (Å²) in [5, 5.41) is 6.98. The Hall–Kier alpha value is -4.39. The molecule has 0 aliphatic carbocycles. The van der Waals surface area contributed by atoms with Crippen LogP contribution in [0.1, 0.15) is 16.7 Å². The van der Waals surface area contributed by atoms with Crippen molar-refractivity contribution in [3.8, 4) is 0 Å². The van der Waals surface area contributed by atoms with Gasteiger partial charge in [-0.15, -0.1) is 0 Å². The highest BCUT2D eigenvalue weighted by atomic mass is 35.5. The van der Waals surface area contributed by atoms with Crippen LogP contribution in [0.4, 0.5) is 17.1 Å². The maximum atomic E-state index is 13.4. The second-order valence-corrected chi connectivity index (χ2v) is 10.4. The number of halogens is 1. The predicted octanol–water partition coefficient (Wildman–Crippen LogP) is 6.41. The molecule has 0 atom stereocenters. The smallest absolute Gasteiger partial charge is 0.258 e. The standard InChI is InChI=1S/C33H31ClN4O2/c1-37(2)19-20-38(30(39)21-23-9-5-3-6-10-23)27-16-14-26(15-17-27)35-32(24-11-7-4-8-12-24)31-28-18-13-25(34)22-29(28)36-33(31)40/h3-18,22,35H,19-21H2,1-2H3,(H,36,40). The Bertz CT molecular complexity index is 1530. The molecule has 0 fully saturated rings. The molecule has 4 aromatic carbocycles. The average Bonchev–Trinajstić information content (AvgIpc) is 3.27. The van der Waals surface area contributed by atoms with Crippen LogP contribution in [0, 0.1) is 0 Å². The van der Waals surface area contributed by atoms with E-state index in [2.05, 4.69) is 15.5 Å². The van der Waals surface area contributed by atoms with Crippen molar-refractivity contribution < 1.29 is 9.59 Å². The van der Waals surface area contributed by atoms with Crippen molar-refractivity contribution in [1.82, 2.24) is 4.90 Å². The number of likely N-dealkylation sites (N-methyl/N-ethyl adjacent to an activating group) is 1. The van der Waals surface area contributed by atoms with E-state index in [1.165, 1.54) is 0 Å². The molecule has 1 aliphatic rings. The van der Waals surface area contributed by atoms with Crippen molar-refractivity contribution in [2.75, 3.05) is 42.7 Å². The number of carbonyl (C=O) groups is 2. The molecule has 7 heteroatoms. The Morgan fingerprint density at radius 3 is 2.20 bits per heavy atom. The van der Waals surface area contributed by atoms with Gasteiger partial charge in [0.25, 0.3) is 5.91 Å². The average molecular weight is 551 g/mol. The number of benzene rings is 4. The molecule has 6 nitrogen and oxygen atoms in total. The van der Waals surface area contributed by atoms with E-state index in [1.807, 2.05) is 110 Å². The predicted molar refractivity (Wildman–Crippen MR) is 164 cm³/mol. The van der Waals surface area contributed by atoms with Crippen LogP contribution >= 0.6 is 11.6 Å². The molecule has 0 radical (unpaired) electrons. The van der Waals surface area contributed by atoms with Gasteiger partial charge in [0.1, 0.15) is 0 Å². The molecule has 0 saturated carbocycles. The first-order valence-electron chi connectivity index (χ1n) is 13.2. The first-order valence-corrected chi connectivity index (χ1v) is 13.5. The first-order chi connectivity index (χ1) is 19.4. The highest BCUT2D eigenvalue weighted by Gasteiger charge is 2.28. The molecule has 40 heavy (non-hydrogen) atoms. The maximum absolute atomic E-state index is 13.4. The van der Waals surface area contributed by atoms with Crippen LogP contribution in [-0.2, 0) is 16.0 Å². The number of nitrogens with zero attached hydrogens (tertiary/aromatic N) is 2. The zero-order valence-electron chi connectivity index (χ0n) is 22.5. The lowest BCUT2D eigenvalue weighted by atomic mass is 10.00. The minimum Gasteiger partial charge on any atom is -0.354 e. The lowest BCUT2D eigenvalue weighted by molar-refractivity contribution is -0.118. The first kappa shape index (κ1) is 27.2. The van der Waals surface area contributed by atoms with Gasteiger partial charge in [0.2, 0.25) is 5.91 Å². The summed E-state index contributed by atoms with van der Waals surface area (Å²) in [4.78, 5) is 30.4. The Labute approximate surface area is 239 Å². The Morgan fingerprint density at radius 2 is 1.52 bits per heavy atom. The molecular formula is C33H31ClN4O2. The second-order valence-electron chi connectivity index (χ2n) is 9.94. The number of rotatable bonds is 9. The molecule has 202 valence electrons. The minimum absolute atomic E-state index is 0.0405. The highest BCUT2D eigenvalue weighted by molar-refractivity contribution is 6.38. The van der Waals surface area contributed by atoms with Gasteiger partial charge in [-0.1, -0.05) is 78.3 Å². The molecule has 1 heterocycles. The zero-order valence-corrected chi connectivity index (χ0v) is 23.3. The minimum atomic E-state index is -0.193. The van der Waals surface area contributed by atoms with Crippen molar-refractivity contribution in [2.24, 2.45) is 0 Å². The largest absolute Gasteiger partial charge is 0.354 e. The highest BCUT2D eigenvalue weighted by Crippen LogP contribution is 2.38. The molecule has 4 aromatic rings. The van der Waals surface area contributed by atoms with E-state index in [9.17, 15) is 9.59 Å². The number of amides is 2. The zero-order chi connectivity index (χ0) is 28.1. The number of carbonyl (C=O) groups excluding carboxylic acids is 2. The molecule has 0 bridgehead atoms. The molecule has 0 aromatic heterocycles. The van der Waals surface area contributed by atoms with Crippen LogP contribution in [0.3, 0.4) is 0 Å². The molecule has 5 rings (SSSR count). The van der Waals surface area contributed by atoms with Gasteiger partial charge in [-0.25, -0.2) is 0 Å². The Kier molecular flexibility index (Phi) is 8.29. The summed E-state index contributed by atoms with van der Waals surface area (Å²) in [7, 11) is 3.99. The summed E-state index contributed by atoms with van der Waals surface area (Å²) in [5.74, 6) is -0.152. The number of hydrogen-bond donors (Lipinski definition) is 2. The lowest BCUT2D eigenvalue weighted by Gasteiger charge is -2.25. The van der Waals surface area contributed by atoms with E-state index in [4.69, 9.17) is 11.6 Å². The summed E-state index contributed by atoms with van der Waals surface area (Å²) in [5.41, 5.74) is 6.20. The number of nitrogens with one attached hydrogen (secondary N) is 2. The van der Waals surface area contributed by atoms with Crippen molar-refractivity contribution in [3.63, 3.8) is 0 Å². The summed E-state index contributed by atoms with van der Waals surface area (Å²) >= 11 is 6.18. The van der Waals surface area contributed by atoms with Gasteiger partial charge < -0.3 is 20.4 Å². The van der Waals surface area contributed by atoms with Gasteiger partial charge in [0.05, 0.1) is 23.4 Å². The molecule has 2 amide bonds. The Morgan fingerprint density at radius 1 is 0.850 bits per heavy atom. The third-order valence-corrected chi connectivity index (χ3v) is 6.99. The van der Waals surface area contributed by atoms with E-state index >= 15 is 0 Å². The quantitative estimate of drug-likeness (QED) is 0.236. The monoisotopic (exact) mass is 550 g/mol. The van der Waals surface area contributed by atoms with E-state index < -0.39 is 0 Å². The van der Waals surface area contributed by atoms with Crippen LogP contribution in [0.2, 0.25) is 5.02 Å². The SMILES string of the molecule is CN(C)CCN(C(=O)Cc1ccccc1)c1ccc(NC(=C2C(=O)Nc3cc(Cl)ccc32)c2ccccc2)cc1. The van der Waals surface area contributed by atoms with Crippen LogP contribution in [0.15, 0.2) is 103 Å². The van der Waals surface area contributed by atoms with Gasteiger partial charge in [0.15, 0.2) is 0 Å². The van der Waals surface area contributed by atoms with Gasteiger partial charge in [-0.05, 0) is 61.6 Å². The molecule has 0 spiro atoms. The normalized spacial score (nSPS) is 13.6. The van der Waals surface area contributed by atoms with E-state index in [1.54, 1.807) is 12.1 Å². The van der Waals surface area contributed by atoms with E-state index in [0.29, 0.717) is 34.9 Å². The van der Waals surface area contributed by atoms with Crippen molar-refractivity contribution in [1.29, 1.82) is 0 Å². The molecule has 0 unspecified atom stereocenters. The number of hydrogen-bond acceptors (Lipinski definition) is 4. The Balaban J connectivity index is 1.46. The molecular weight excluding hydrogens is 520 g/mol. The van der Waals surface area contributed by atoms with Gasteiger partial charge in [-0.3, -0.25) is 9.59 Å². The molecule has 1 aliphatic heterocycles. The van der Waals surface area contributed by atoms with Crippen molar-refractivity contribution >= 4 is 51.7 Å². The lowest BCUT2D eigenvalue weighted by Crippen LogP contribution is -2.37. The third kappa shape index (κ3) is 6.25. The summed E-state index contributed by atoms with van der Waals surface area (Å²) in [6, 6.07) is 32.7. The van der Waals surface area contributed by atoms with Crippen LogP contribution < -0.4 is 15.5 Å².